The summed E-state index contributed by atoms with van der Waals surface area (Å²) in [5, 5.41) is 19.8. The Bertz CT molecular complexity index is 555. The number of nitrogens with one attached hydrogen (secondary N) is 1. The van der Waals surface area contributed by atoms with E-state index in [0.717, 1.165) is 0 Å². The quantitative estimate of drug-likeness (QED) is 0.505. The second-order valence-corrected chi connectivity index (χ2v) is 3.12. The molecule has 0 spiro atoms. The number of rotatable bonds is 3. The van der Waals surface area contributed by atoms with Gasteiger partial charge < -0.3 is 0 Å². The summed E-state index contributed by atoms with van der Waals surface area (Å²) in [6.07, 6.45) is 0.411. The van der Waals surface area contributed by atoms with Crippen LogP contribution in [0.3, 0.4) is 0 Å². The molecular weight excluding hydrogens is 247 g/mol. The van der Waals surface area contributed by atoms with E-state index in [1.165, 1.54) is 24.3 Å². The van der Waals surface area contributed by atoms with E-state index in [9.17, 15) is 9.18 Å². The highest BCUT2D eigenvalue weighted by Crippen LogP contribution is 2.25. The summed E-state index contributed by atoms with van der Waals surface area (Å²) in [5.74, 6) is -0.879. The van der Waals surface area contributed by atoms with Crippen molar-refractivity contribution < 1.29 is 9.18 Å². The molecule has 0 bridgehead atoms. The molecule has 0 atom stereocenters. The van der Waals surface area contributed by atoms with Gasteiger partial charge in [-0.05, 0) is 12.1 Å². The van der Waals surface area contributed by atoms with Crippen LogP contribution in [0, 0.1) is 28.5 Å². The fourth-order valence-electron chi connectivity index (χ4n) is 0.933. The average Bonchev–Trinajstić information content (AvgIpc) is 2.35. The van der Waals surface area contributed by atoms with Crippen LogP contribution in [0.15, 0.2) is 17.2 Å². The van der Waals surface area contributed by atoms with Crippen LogP contribution in [0.1, 0.15) is 10.4 Å². The van der Waals surface area contributed by atoms with Crippen molar-refractivity contribution in [2.75, 3.05) is 5.43 Å². The molecule has 0 heterocycles. The van der Waals surface area contributed by atoms with Gasteiger partial charge in [0.25, 0.3) is 0 Å². The van der Waals surface area contributed by atoms with Gasteiger partial charge in [-0.2, -0.15) is 15.6 Å². The summed E-state index contributed by atoms with van der Waals surface area (Å²) in [6, 6.07) is 5.50. The van der Waals surface area contributed by atoms with Crippen molar-refractivity contribution in [1.82, 2.24) is 0 Å². The number of halogens is 2. The molecule has 0 aliphatic rings. The molecule has 0 aromatic heterocycles. The van der Waals surface area contributed by atoms with E-state index in [1.807, 2.05) is 0 Å². The van der Waals surface area contributed by atoms with Crippen molar-refractivity contribution in [2.45, 2.75) is 0 Å². The Morgan fingerprint density at radius 3 is 2.65 bits per heavy atom. The predicted molar refractivity (Wildman–Crippen MR) is 59.1 cm³/mol. The van der Waals surface area contributed by atoms with Crippen molar-refractivity contribution in [1.29, 1.82) is 10.5 Å². The zero-order valence-electron chi connectivity index (χ0n) is 8.24. The number of anilines is 1. The monoisotopic (exact) mass is 250 g/mol. The number of nitrogens with zero attached hydrogens (tertiary/aromatic N) is 3. The van der Waals surface area contributed by atoms with Crippen LogP contribution in [0.2, 0.25) is 5.02 Å². The highest BCUT2D eigenvalue weighted by molar-refractivity contribution is 6.33. The third kappa shape index (κ3) is 2.77. The van der Waals surface area contributed by atoms with Crippen LogP contribution in [0.25, 0.3) is 0 Å². The second-order valence-electron chi connectivity index (χ2n) is 2.74. The molecule has 0 radical (unpaired) electrons. The number of aldehydes is 1. The fourth-order valence-corrected chi connectivity index (χ4v) is 1.14. The molecule has 0 fully saturated rings. The number of hydrazone groups is 1. The van der Waals surface area contributed by atoms with Crippen molar-refractivity contribution in [3.05, 3.63) is 28.5 Å². The van der Waals surface area contributed by atoms with E-state index in [2.05, 4.69) is 10.5 Å². The van der Waals surface area contributed by atoms with Crippen molar-refractivity contribution in [3.8, 4) is 12.1 Å². The van der Waals surface area contributed by atoms with Gasteiger partial charge in [0.05, 0.1) is 10.7 Å². The number of nitriles is 2. The summed E-state index contributed by atoms with van der Waals surface area (Å²) in [4.78, 5) is 10.5. The first-order valence-electron chi connectivity index (χ1n) is 4.21. The van der Waals surface area contributed by atoms with Crippen molar-refractivity contribution in [3.63, 3.8) is 0 Å². The highest BCUT2D eigenvalue weighted by Gasteiger charge is 2.10. The van der Waals surface area contributed by atoms with Gasteiger partial charge in [-0.15, -0.1) is 0 Å². The summed E-state index contributed by atoms with van der Waals surface area (Å²) >= 11 is 5.56. The number of benzene rings is 1. The minimum Gasteiger partial charge on any atom is -0.298 e. The van der Waals surface area contributed by atoms with E-state index in [4.69, 9.17) is 22.1 Å². The Balaban J connectivity index is 3.08. The Morgan fingerprint density at radius 2 is 2.12 bits per heavy atom. The molecule has 1 aromatic carbocycles. The number of hydrogen-bond donors (Lipinski definition) is 1. The third-order valence-electron chi connectivity index (χ3n) is 1.74. The average molecular weight is 251 g/mol. The highest BCUT2D eigenvalue weighted by atomic mass is 35.5. The van der Waals surface area contributed by atoms with E-state index in [1.54, 1.807) is 0 Å². The summed E-state index contributed by atoms with van der Waals surface area (Å²) in [5.41, 5.74) is 1.58. The van der Waals surface area contributed by atoms with E-state index in [0.29, 0.717) is 6.29 Å². The molecule has 1 rings (SSSR count). The Kier molecular flexibility index (Phi) is 4.15. The SMILES string of the molecule is N#CC(C#N)=NNc1ccc(C=O)c(Cl)c1F. The van der Waals surface area contributed by atoms with Crippen LogP contribution < -0.4 is 5.43 Å². The lowest BCUT2D eigenvalue weighted by molar-refractivity contribution is 0.112. The molecule has 1 aromatic rings. The van der Waals surface area contributed by atoms with Crippen LogP contribution in [-0.2, 0) is 0 Å². The first kappa shape index (κ1) is 12.6. The van der Waals surface area contributed by atoms with Gasteiger partial charge in [-0.25, -0.2) is 4.39 Å². The number of carbonyl (C=O) groups is 1. The van der Waals surface area contributed by atoms with Crippen molar-refractivity contribution in [2.24, 2.45) is 5.10 Å². The van der Waals surface area contributed by atoms with Crippen LogP contribution in [-0.4, -0.2) is 12.0 Å². The first-order valence-corrected chi connectivity index (χ1v) is 4.59. The second kappa shape index (κ2) is 5.59. The molecule has 0 unspecified atom stereocenters. The minimum atomic E-state index is -0.879. The van der Waals surface area contributed by atoms with Gasteiger partial charge in [0.1, 0.15) is 12.1 Å². The maximum absolute atomic E-state index is 13.5. The minimum absolute atomic E-state index is 0.000476. The topological polar surface area (TPSA) is 89.0 Å². The van der Waals surface area contributed by atoms with Gasteiger partial charge in [0.2, 0.25) is 5.71 Å². The van der Waals surface area contributed by atoms with Gasteiger partial charge >= 0.3 is 0 Å². The Morgan fingerprint density at radius 1 is 1.47 bits per heavy atom. The molecule has 1 N–H and O–H groups in total. The maximum atomic E-state index is 13.5. The first-order chi connectivity index (χ1) is 8.13. The normalized spacial score (nSPS) is 8.71. The number of hydrogen-bond acceptors (Lipinski definition) is 5. The van der Waals surface area contributed by atoms with Gasteiger partial charge in [-0.3, -0.25) is 10.2 Å². The van der Waals surface area contributed by atoms with Gasteiger partial charge in [-0.1, -0.05) is 11.6 Å². The van der Waals surface area contributed by atoms with Crippen LogP contribution in [0.4, 0.5) is 10.1 Å². The van der Waals surface area contributed by atoms with E-state index >= 15 is 0 Å². The van der Waals surface area contributed by atoms with E-state index in [-0.39, 0.29) is 16.3 Å². The van der Waals surface area contributed by atoms with Gasteiger partial charge in [0, 0.05) is 5.56 Å². The molecule has 5 nitrogen and oxygen atoms in total. The lowest BCUT2D eigenvalue weighted by atomic mass is 10.2. The summed E-state index contributed by atoms with van der Waals surface area (Å²) in [7, 11) is 0. The molecule has 0 aliphatic carbocycles. The summed E-state index contributed by atoms with van der Waals surface area (Å²) < 4.78 is 13.5. The smallest absolute Gasteiger partial charge is 0.237 e. The Hall–Kier alpha value is -2.44. The fraction of sp³-hybridized carbons (Fsp3) is 0. The third-order valence-corrected chi connectivity index (χ3v) is 2.12. The lowest BCUT2D eigenvalue weighted by Crippen LogP contribution is -1.99. The molecule has 0 saturated heterocycles. The molecular formula is C10H4ClFN4O. The molecule has 0 saturated carbocycles. The Labute approximate surface area is 101 Å². The summed E-state index contributed by atoms with van der Waals surface area (Å²) in [6.45, 7) is 0. The zero-order valence-corrected chi connectivity index (χ0v) is 8.99. The number of carbonyl (C=O) groups excluding carboxylic acids is 1. The molecule has 0 amide bonds. The van der Waals surface area contributed by atoms with E-state index < -0.39 is 11.5 Å². The van der Waals surface area contributed by atoms with Gasteiger partial charge in [0.15, 0.2) is 12.1 Å². The predicted octanol–water partition coefficient (Wildman–Crippen LogP) is 2.11. The zero-order chi connectivity index (χ0) is 12.8. The van der Waals surface area contributed by atoms with Crippen LogP contribution in [0.5, 0.6) is 0 Å². The standard InChI is InChI=1S/C10H4ClFN4O/c11-9-6(5-17)1-2-8(10(9)12)16-15-7(3-13)4-14/h1-2,5,16H. The van der Waals surface area contributed by atoms with Crippen molar-refractivity contribution >= 4 is 29.3 Å². The molecule has 7 heteroatoms. The molecule has 84 valence electrons. The molecule has 17 heavy (non-hydrogen) atoms. The lowest BCUT2D eigenvalue weighted by Gasteiger charge is -2.04. The largest absolute Gasteiger partial charge is 0.298 e. The molecule has 0 aliphatic heterocycles. The maximum Gasteiger partial charge on any atom is 0.237 e. The van der Waals surface area contributed by atoms with Crippen LogP contribution >= 0.6 is 11.6 Å².